The molecular formula is C84H154NO8P. The minimum absolute atomic E-state index is 0.0304. The molecule has 0 fully saturated rings. The molecule has 0 aromatic rings. The number of unbranched alkanes of at least 4 members (excludes halogenated alkanes) is 47. The van der Waals surface area contributed by atoms with Crippen LogP contribution in [0.4, 0.5) is 0 Å². The van der Waals surface area contributed by atoms with Crippen molar-refractivity contribution in [2.45, 2.75) is 392 Å². The van der Waals surface area contributed by atoms with Crippen LogP contribution in [0.15, 0.2) is 85.1 Å². The molecule has 0 aromatic carbocycles. The van der Waals surface area contributed by atoms with E-state index in [1.165, 1.54) is 276 Å². The molecule has 0 rings (SSSR count). The molecule has 10 heteroatoms. The van der Waals surface area contributed by atoms with Crippen LogP contribution in [0.25, 0.3) is 0 Å². The smallest absolute Gasteiger partial charge is 0.306 e. The number of rotatable bonds is 75. The molecule has 0 aromatic heterocycles. The molecule has 94 heavy (non-hydrogen) atoms. The molecule has 0 aliphatic rings. The largest absolute Gasteiger partial charge is 0.756 e. The molecular weight excluding hydrogens is 1180 g/mol. The lowest BCUT2D eigenvalue weighted by Crippen LogP contribution is -2.37. The van der Waals surface area contributed by atoms with Crippen molar-refractivity contribution in [3.05, 3.63) is 85.1 Å². The van der Waals surface area contributed by atoms with Crippen LogP contribution in [-0.4, -0.2) is 70.0 Å². The minimum atomic E-state index is -4.65. The molecule has 0 spiro atoms. The SMILES string of the molecule is CC/C=C\C/C=C\C/C=C\C/C=C\CCCCCCCCCCCCCCCCCCC(=O)OC(COC(=O)CCCCCCCCCCCCCCCCCCCCCCCCCCCC/C=C\C/C=C\C/C=C\CCCCCCC)COP(=O)([O-])OCC[N+](C)(C)C. The summed E-state index contributed by atoms with van der Waals surface area (Å²) >= 11 is 0. The fourth-order valence-electron chi connectivity index (χ4n) is 11.8. The number of likely N-dealkylation sites (N-methyl/N-ethyl adjacent to an activating group) is 1. The zero-order valence-corrected chi connectivity index (χ0v) is 63.6. The molecule has 0 aliphatic carbocycles. The highest BCUT2D eigenvalue weighted by molar-refractivity contribution is 7.45. The van der Waals surface area contributed by atoms with Crippen molar-refractivity contribution < 1.29 is 42.1 Å². The first kappa shape index (κ1) is 91.2. The van der Waals surface area contributed by atoms with Crippen molar-refractivity contribution in [1.29, 1.82) is 0 Å². The van der Waals surface area contributed by atoms with Crippen LogP contribution in [0.5, 0.6) is 0 Å². The van der Waals surface area contributed by atoms with Gasteiger partial charge in [0.25, 0.3) is 7.82 Å². The minimum Gasteiger partial charge on any atom is -0.756 e. The van der Waals surface area contributed by atoms with Crippen molar-refractivity contribution >= 4 is 19.8 Å². The third kappa shape index (κ3) is 78.2. The van der Waals surface area contributed by atoms with Crippen molar-refractivity contribution in [2.75, 3.05) is 47.5 Å². The van der Waals surface area contributed by atoms with Gasteiger partial charge < -0.3 is 27.9 Å². The first-order valence-electron chi connectivity index (χ1n) is 40.3. The Labute approximate surface area is 583 Å². The molecule has 548 valence electrons. The van der Waals surface area contributed by atoms with Crippen molar-refractivity contribution in [1.82, 2.24) is 0 Å². The van der Waals surface area contributed by atoms with Crippen LogP contribution in [0, 0.1) is 0 Å². The number of phosphoric ester groups is 1. The number of ether oxygens (including phenoxy) is 2. The number of carbonyl (C=O) groups is 2. The Kier molecular flexibility index (Phi) is 72.2. The number of allylic oxidation sites excluding steroid dienone is 14. The van der Waals surface area contributed by atoms with Gasteiger partial charge in [-0.1, -0.05) is 369 Å². The molecule has 0 heterocycles. The summed E-state index contributed by atoms with van der Waals surface area (Å²) in [6, 6.07) is 0. The van der Waals surface area contributed by atoms with Gasteiger partial charge in [-0.3, -0.25) is 14.2 Å². The first-order valence-corrected chi connectivity index (χ1v) is 41.8. The first-order chi connectivity index (χ1) is 46.0. The summed E-state index contributed by atoms with van der Waals surface area (Å²) in [5.74, 6) is -0.815. The summed E-state index contributed by atoms with van der Waals surface area (Å²) < 4.78 is 34.4. The second kappa shape index (κ2) is 74.4. The van der Waals surface area contributed by atoms with Gasteiger partial charge in [0.2, 0.25) is 0 Å². The molecule has 0 amide bonds. The number of quaternary nitrogens is 1. The third-order valence-corrected chi connectivity index (χ3v) is 18.9. The maximum Gasteiger partial charge on any atom is 0.306 e. The second-order valence-corrected chi connectivity index (χ2v) is 29.8. The van der Waals surface area contributed by atoms with Gasteiger partial charge >= 0.3 is 11.9 Å². The lowest BCUT2D eigenvalue weighted by Gasteiger charge is -2.28. The second-order valence-electron chi connectivity index (χ2n) is 28.4. The predicted molar refractivity (Wildman–Crippen MR) is 406 cm³/mol. The van der Waals surface area contributed by atoms with E-state index < -0.39 is 26.5 Å². The highest BCUT2D eigenvalue weighted by Crippen LogP contribution is 2.38. The van der Waals surface area contributed by atoms with E-state index in [0.29, 0.717) is 17.4 Å². The van der Waals surface area contributed by atoms with Gasteiger partial charge in [-0.2, -0.15) is 0 Å². The summed E-state index contributed by atoms with van der Waals surface area (Å²) in [7, 11) is 1.18. The van der Waals surface area contributed by atoms with E-state index >= 15 is 0 Å². The highest BCUT2D eigenvalue weighted by Gasteiger charge is 2.22. The molecule has 0 radical (unpaired) electrons. The summed E-state index contributed by atoms with van der Waals surface area (Å²) in [6.07, 6.45) is 103. The molecule has 0 aliphatic heterocycles. The summed E-state index contributed by atoms with van der Waals surface area (Å²) in [4.78, 5) is 38.2. The predicted octanol–water partition coefficient (Wildman–Crippen LogP) is 26.2. The van der Waals surface area contributed by atoms with Crippen LogP contribution >= 0.6 is 7.82 Å². The van der Waals surface area contributed by atoms with Gasteiger partial charge in [0.1, 0.15) is 19.8 Å². The van der Waals surface area contributed by atoms with Gasteiger partial charge in [0, 0.05) is 12.8 Å². The van der Waals surface area contributed by atoms with E-state index in [9.17, 15) is 19.0 Å². The summed E-state index contributed by atoms with van der Waals surface area (Å²) in [5, 5.41) is 0. The average Bonchev–Trinajstić information content (AvgIpc) is 1.65. The van der Waals surface area contributed by atoms with Gasteiger partial charge in [-0.25, -0.2) is 0 Å². The lowest BCUT2D eigenvalue weighted by atomic mass is 10.0. The third-order valence-electron chi connectivity index (χ3n) is 17.9. The summed E-state index contributed by atoms with van der Waals surface area (Å²) in [5.41, 5.74) is 0. The number of phosphoric acid groups is 1. The Hall–Kier alpha value is -2.81. The molecule has 0 saturated heterocycles. The Morgan fingerprint density at radius 1 is 0.340 bits per heavy atom. The van der Waals surface area contributed by atoms with Crippen LogP contribution in [0.2, 0.25) is 0 Å². The van der Waals surface area contributed by atoms with E-state index in [4.69, 9.17) is 18.5 Å². The molecule has 9 nitrogen and oxygen atoms in total. The van der Waals surface area contributed by atoms with E-state index in [0.717, 1.165) is 77.0 Å². The molecule has 0 bridgehead atoms. The zero-order chi connectivity index (χ0) is 68.3. The maximum atomic E-state index is 12.9. The maximum absolute atomic E-state index is 12.9. The standard InChI is InChI=1S/C84H154NO8P/c1-6-8-10-12-14-16-18-20-22-24-26-28-30-32-34-36-37-38-39-40-41-42-43-44-45-46-47-49-50-52-54-56-58-60-62-64-66-68-70-72-74-76-83(86)90-80-82(81-92-94(88,89)91-79-78-85(3,4)5)93-84(87)77-75-73-71-69-67-65-63-61-59-57-55-53-51-48-35-33-31-29-27-25-23-21-19-17-15-13-11-9-7-2/h9,11,15,17-18,20-21,23-24,26-27,29-30,32,82H,6-8,10,12-14,16,19,22,25,28,31,33-81H2,1-5H3/b11-9-,17-15-,20-18-,23-21-,26-24-,29-27-,32-30-. The van der Waals surface area contributed by atoms with Crippen molar-refractivity contribution in [3.8, 4) is 0 Å². The van der Waals surface area contributed by atoms with Crippen molar-refractivity contribution in [3.63, 3.8) is 0 Å². The quantitative estimate of drug-likeness (QED) is 0.0195. The fourth-order valence-corrected chi connectivity index (χ4v) is 12.5. The Bertz CT molecular complexity index is 1860. The Morgan fingerprint density at radius 2 is 0.606 bits per heavy atom. The Morgan fingerprint density at radius 3 is 0.904 bits per heavy atom. The van der Waals surface area contributed by atoms with Crippen LogP contribution < -0.4 is 4.89 Å². The van der Waals surface area contributed by atoms with E-state index in [-0.39, 0.29) is 32.0 Å². The summed E-state index contributed by atoms with van der Waals surface area (Å²) in [6.45, 7) is 4.17. The molecule has 2 atom stereocenters. The number of nitrogens with zero attached hydrogens (tertiary/aromatic N) is 1. The monoisotopic (exact) mass is 1340 g/mol. The zero-order valence-electron chi connectivity index (χ0n) is 62.7. The van der Waals surface area contributed by atoms with Crippen LogP contribution in [-0.2, 0) is 32.7 Å². The van der Waals surface area contributed by atoms with Gasteiger partial charge in [-0.05, 0) is 89.9 Å². The number of hydrogen-bond acceptors (Lipinski definition) is 8. The highest BCUT2D eigenvalue weighted by atomic mass is 31.2. The fraction of sp³-hybridized carbons (Fsp3) is 0.810. The van der Waals surface area contributed by atoms with Gasteiger partial charge in [0.05, 0.1) is 27.7 Å². The Balaban J connectivity index is 3.89. The lowest BCUT2D eigenvalue weighted by molar-refractivity contribution is -0.870. The van der Waals surface area contributed by atoms with Gasteiger partial charge in [-0.15, -0.1) is 0 Å². The van der Waals surface area contributed by atoms with Crippen LogP contribution in [0.1, 0.15) is 386 Å². The molecule has 0 saturated carbocycles. The van der Waals surface area contributed by atoms with Crippen LogP contribution in [0.3, 0.4) is 0 Å². The van der Waals surface area contributed by atoms with Crippen molar-refractivity contribution in [2.24, 2.45) is 0 Å². The van der Waals surface area contributed by atoms with Gasteiger partial charge in [0.15, 0.2) is 6.10 Å². The number of esters is 2. The van der Waals surface area contributed by atoms with E-state index in [2.05, 4.69) is 98.9 Å². The average molecular weight is 1340 g/mol. The van der Waals surface area contributed by atoms with E-state index in [1.807, 2.05) is 21.1 Å². The number of carbonyl (C=O) groups excluding carboxylic acids is 2. The topological polar surface area (TPSA) is 111 Å². The van der Waals surface area contributed by atoms with E-state index in [1.54, 1.807) is 0 Å². The normalized spacial score (nSPS) is 13.5. The molecule has 0 N–H and O–H groups in total. The number of hydrogen-bond donors (Lipinski definition) is 0. The molecule has 2 unspecified atom stereocenters.